The van der Waals surface area contributed by atoms with Crippen LogP contribution in [0, 0.1) is 0 Å². The first-order valence-electron chi connectivity index (χ1n) is 14.5. The lowest BCUT2D eigenvalue weighted by Gasteiger charge is -2.45. The van der Waals surface area contributed by atoms with Crippen LogP contribution in [-0.2, 0) is 9.53 Å². The van der Waals surface area contributed by atoms with Crippen LogP contribution in [0.5, 0.6) is 5.75 Å². The van der Waals surface area contributed by atoms with E-state index in [1.165, 1.54) is 21.8 Å². The molecular weight excluding hydrogens is 558 g/mol. The number of nitrogens with zero attached hydrogens (tertiary/aromatic N) is 2. The highest BCUT2D eigenvalue weighted by Crippen LogP contribution is 2.32. The van der Waals surface area contributed by atoms with E-state index in [4.69, 9.17) is 9.47 Å². The minimum Gasteiger partial charge on any atom is -1.00 e. The number of thiophene rings is 1. The molecule has 0 bridgehead atoms. The molecule has 41 heavy (non-hydrogen) atoms. The van der Waals surface area contributed by atoms with Crippen LogP contribution in [0.25, 0.3) is 21.0 Å². The van der Waals surface area contributed by atoms with Crippen molar-refractivity contribution in [2.75, 3.05) is 51.0 Å². The van der Waals surface area contributed by atoms with Gasteiger partial charge < -0.3 is 31.8 Å². The number of fused-ring (bicyclic) bond motifs is 2. The number of esters is 1. The lowest BCUT2D eigenvalue weighted by atomic mass is 10.1. The summed E-state index contributed by atoms with van der Waals surface area (Å²) in [5.41, 5.74) is 1.97. The van der Waals surface area contributed by atoms with E-state index in [1.54, 1.807) is 11.3 Å². The minimum atomic E-state index is -0.114. The van der Waals surface area contributed by atoms with Gasteiger partial charge in [-0.1, -0.05) is 25.8 Å². The van der Waals surface area contributed by atoms with Crippen molar-refractivity contribution in [1.82, 2.24) is 4.98 Å². The zero-order chi connectivity index (χ0) is 27.8. The Morgan fingerprint density at radius 3 is 2.68 bits per heavy atom. The van der Waals surface area contributed by atoms with E-state index >= 15 is 0 Å². The highest BCUT2D eigenvalue weighted by Gasteiger charge is 2.34. The number of quaternary nitrogens is 1. The number of rotatable bonds is 13. The third-order valence-corrected chi connectivity index (χ3v) is 8.86. The van der Waals surface area contributed by atoms with Crippen molar-refractivity contribution in [1.29, 1.82) is 0 Å². The number of hydrogen-bond acceptors (Lipinski definition) is 6. The molecule has 9 heteroatoms. The second kappa shape index (κ2) is 14.7. The molecule has 0 aliphatic carbocycles. The highest BCUT2D eigenvalue weighted by molar-refractivity contribution is 7.17. The van der Waals surface area contributed by atoms with Gasteiger partial charge in [-0.2, -0.15) is 0 Å². The summed E-state index contributed by atoms with van der Waals surface area (Å²) in [5, 5.41) is 4.47. The molecule has 220 valence electrons. The SMILES string of the molecule is CCCCCC(=O)OC[N+]1(CCCCOc2ccc3ccc(=O)[nH]c3c2)CCN(c2cccc3sccc23)CC1.[Cl-]. The first-order valence-corrected chi connectivity index (χ1v) is 15.4. The zero-order valence-corrected chi connectivity index (χ0v) is 25.4. The quantitative estimate of drug-likeness (QED) is 0.145. The first-order chi connectivity index (χ1) is 19.5. The van der Waals surface area contributed by atoms with Crippen LogP contribution in [0.2, 0.25) is 0 Å². The normalized spacial score (nSPS) is 14.6. The lowest BCUT2D eigenvalue weighted by molar-refractivity contribution is -0.944. The fourth-order valence-corrected chi connectivity index (χ4v) is 6.37. The molecule has 2 aromatic carbocycles. The molecule has 0 unspecified atom stereocenters. The van der Waals surface area contributed by atoms with E-state index in [0.717, 1.165) is 86.0 Å². The number of halogens is 1. The molecule has 0 radical (unpaired) electrons. The second-order valence-corrected chi connectivity index (χ2v) is 11.8. The number of ether oxygens (including phenoxy) is 2. The van der Waals surface area contributed by atoms with Gasteiger partial charge in [0.25, 0.3) is 0 Å². The number of nitrogens with one attached hydrogen (secondary N) is 1. The van der Waals surface area contributed by atoms with Gasteiger partial charge >= 0.3 is 5.97 Å². The van der Waals surface area contributed by atoms with Crippen LogP contribution in [0.15, 0.2) is 64.8 Å². The van der Waals surface area contributed by atoms with Gasteiger partial charge in [0.05, 0.1) is 44.8 Å². The van der Waals surface area contributed by atoms with E-state index in [1.807, 2.05) is 24.3 Å². The number of hydrogen-bond donors (Lipinski definition) is 1. The van der Waals surface area contributed by atoms with E-state index in [-0.39, 0.29) is 23.9 Å². The lowest BCUT2D eigenvalue weighted by Crippen LogP contribution is -3.00. The van der Waals surface area contributed by atoms with Gasteiger partial charge in [-0.3, -0.25) is 14.1 Å². The first kappa shape index (κ1) is 30.9. The Labute approximate surface area is 252 Å². The van der Waals surface area contributed by atoms with Gasteiger partial charge in [0.15, 0.2) is 0 Å². The van der Waals surface area contributed by atoms with Crippen molar-refractivity contribution in [2.24, 2.45) is 0 Å². The van der Waals surface area contributed by atoms with Crippen molar-refractivity contribution in [3.63, 3.8) is 0 Å². The molecule has 7 nitrogen and oxygen atoms in total. The largest absolute Gasteiger partial charge is 1.00 e. The third kappa shape index (κ3) is 8.03. The Hall–Kier alpha value is -3.07. The fourth-order valence-electron chi connectivity index (χ4n) is 5.56. The predicted octanol–water partition coefficient (Wildman–Crippen LogP) is 3.32. The number of piperazine rings is 1. The van der Waals surface area contributed by atoms with E-state index < -0.39 is 0 Å². The molecule has 1 N–H and O–H groups in total. The number of aromatic amines is 1. The average molecular weight is 598 g/mol. The summed E-state index contributed by atoms with van der Waals surface area (Å²) in [7, 11) is 0. The standard InChI is InChI=1S/C32H39N3O4S.ClH/c1-2-3-4-10-32(37)39-24-35(19-16-34(17-20-35)29-8-7-9-30-27(29)15-22-40-30)18-5-6-21-38-26-13-11-25-12-14-31(36)33-28(25)23-26;/h7-9,11-15,22-23H,2-6,10,16-21,24H2,1H3;1H. The molecule has 5 rings (SSSR count). The Kier molecular flexibility index (Phi) is 11.1. The van der Waals surface area contributed by atoms with Crippen LogP contribution >= 0.6 is 11.3 Å². The number of anilines is 1. The molecule has 0 amide bonds. The van der Waals surface area contributed by atoms with Gasteiger partial charge in [0.1, 0.15) is 5.75 Å². The van der Waals surface area contributed by atoms with Crippen LogP contribution < -0.4 is 27.6 Å². The maximum absolute atomic E-state index is 12.5. The summed E-state index contributed by atoms with van der Waals surface area (Å²) in [5.74, 6) is 0.685. The summed E-state index contributed by atoms with van der Waals surface area (Å²) < 4.78 is 14.0. The van der Waals surface area contributed by atoms with Crippen LogP contribution in [0.1, 0.15) is 45.4 Å². The van der Waals surface area contributed by atoms with Crippen molar-refractivity contribution in [3.05, 3.63) is 70.3 Å². The number of carbonyl (C=O) groups excluding carboxylic acids is 1. The van der Waals surface area contributed by atoms with Crippen molar-refractivity contribution in [2.45, 2.75) is 45.4 Å². The molecule has 2 aromatic heterocycles. The molecule has 0 saturated carbocycles. The smallest absolute Gasteiger partial charge is 0.310 e. The number of carbonyl (C=O) groups is 1. The van der Waals surface area contributed by atoms with Gasteiger partial charge in [0.2, 0.25) is 12.3 Å². The Bertz CT molecular complexity index is 1480. The van der Waals surface area contributed by atoms with E-state index in [9.17, 15) is 9.59 Å². The maximum Gasteiger partial charge on any atom is 0.310 e. The number of benzene rings is 2. The molecule has 0 spiro atoms. The van der Waals surface area contributed by atoms with E-state index in [0.29, 0.717) is 19.8 Å². The van der Waals surface area contributed by atoms with Crippen LogP contribution in [-0.4, -0.2) is 61.5 Å². The zero-order valence-electron chi connectivity index (χ0n) is 23.8. The average Bonchev–Trinajstić information content (AvgIpc) is 3.46. The molecule has 4 aromatic rings. The molecule has 1 fully saturated rings. The Balaban J connectivity index is 0.00000387. The Morgan fingerprint density at radius 2 is 1.85 bits per heavy atom. The van der Waals surface area contributed by atoms with Gasteiger partial charge in [-0.05, 0) is 66.4 Å². The number of pyridine rings is 1. The van der Waals surface area contributed by atoms with Crippen LogP contribution in [0.4, 0.5) is 5.69 Å². The van der Waals surface area contributed by atoms with Crippen molar-refractivity contribution < 1.29 is 31.2 Å². The van der Waals surface area contributed by atoms with Crippen molar-refractivity contribution >= 4 is 44.0 Å². The summed E-state index contributed by atoms with van der Waals surface area (Å²) in [6, 6.07) is 17.9. The summed E-state index contributed by atoms with van der Waals surface area (Å²) >= 11 is 1.78. The summed E-state index contributed by atoms with van der Waals surface area (Å²) in [6.45, 7) is 7.91. The predicted molar refractivity (Wildman–Crippen MR) is 163 cm³/mol. The molecule has 1 aliphatic rings. The third-order valence-electron chi connectivity index (χ3n) is 7.98. The topological polar surface area (TPSA) is 71.6 Å². The molecular formula is C32H40ClN3O4S. The monoisotopic (exact) mass is 597 g/mol. The molecule has 3 heterocycles. The van der Waals surface area contributed by atoms with Gasteiger partial charge in [-0.15, -0.1) is 11.3 Å². The number of H-pyrrole nitrogens is 1. The molecule has 0 atom stereocenters. The van der Waals surface area contributed by atoms with Crippen molar-refractivity contribution in [3.8, 4) is 5.75 Å². The summed E-state index contributed by atoms with van der Waals surface area (Å²) in [4.78, 5) is 29.5. The minimum absolute atomic E-state index is 0. The second-order valence-electron chi connectivity index (χ2n) is 10.8. The van der Waals surface area contributed by atoms with Gasteiger partial charge in [0, 0.05) is 34.3 Å². The number of aromatic nitrogens is 1. The van der Waals surface area contributed by atoms with Gasteiger partial charge in [-0.25, -0.2) is 0 Å². The van der Waals surface area contributed by atoms with Crippen LogP contribution in [0.3, 0.4) is 0 Å². The maximum atomic E-state index is 12.5. The van der Waals surface area contributed by atoms with E-state index in [2.05, 4.69) is 46.5 Å². The fraction of sp³-hybridized carbons (Fsp3) is 0.438. The number of unbranched alkanes of at least 4 members (excludes halogenated alkanes) is 3. The summed E-state index contributed by atoms with van der Waals surface area (Å²) in [6.07, 6.45) is 5.45. The molecule has 1 saturated heterocycles. The Morgan fingerprint density at radius 1 is 1.02 bits per heavy atom. The molecule has 1 aliphatic heterocycles. The highest BCUT2D eigenvalue weighted by atomic mass is 35.5.